The molecule has 0 atom stereocenters. The zero-order chi connectivity index (χ0) is 23.3. The first-order valence-corrected chi connectivity index (χ1v) is 11.6. The minimum Gasteiger partial charge on any atom is -0.352 e. The Morgan fingerprint density at radius 3 is 2.24 bits per heavy atom. The molecule has 0 spiro atoms. The summed E-state index contributed by atoms with van der Waals surface area (Å²) < 4.78 is 0. The predicted molar refractivity (Wildman–Crippen MR) is 131 cm³/mol. The van der Waals surface area contributed by atoms with Gasteiger partial charge in [-0.1, -0.05) is 67.4 Å². The lowest BCUT2D eigenvalue weighted by molar-refractivity contribution is -0.119. The van der Waals surface area contributed by atoms with Crippen LogP contribution in [0, 0.1) is 6.92 Å². The lowest BCUT2D eigenvalue weighted by Gasteiger charge is -2.30. The van der Waals surface area contributed by atoms with Gasteiger partial charge >= 0.3 is 0 Å². The zero-order valence-corrected chi connectivity index (χ0v) is 19.4. The third-order valence-corrected chi connectivity index (χ3v) is 6.66. The lowest BCUT2D eigenvalue weighted by atomic mass is 9.79. The van der Waals surface area contributed by atoms with Crippen molar-refractivity contribution < 1.29 is 9.59 Å². The van der Waals surface area contributed by atoms with Gasteiger partial charge in [0.25, 0.3) is 5.91 Å². The number of carbonyl (C=O) groups is 2. The third-order valence-electron chi connectivity index (χ3n) is 6.66. The highest BCUT2D eigenvalue weighted by molar-refractivity contribution is 5.95. The van der Waals surface area contributed by atoms with Crippen molar-refractivity contribution in [3.05, 3.63) is 89.1 Å². The number of amides is 2. The zero-order valence-electron chi connectivity index (χ0n) is 19.4. The summed E-state index contributed by atoms with van der Waals surface area (Å²) >= 11 is 0. The van der Waals surface area contributed by atoms with E-state index in [1.807, 2.05) is 49.4 Å². The number of hydrogen-bond donors (Lipinski definition) is 2. The fourth-order valence-corrected chi connectivity index (χ4v) is 4.74. The molecule has 0 unspecified atom stereocenters. The second-order valence-electron chi connectivity index (χ2n) is 8.97. The molecule has 5 heteroatoms. The molecule has 2 N–H and O–H groups in total. The number of aryl methyl sites for hydroxylation is 1. The minimum absolute atomic E-state index is 0.0250. The molecule has 0 aliphatic heterocycles. The Hall–Kier alpha value is -3.47. The Morgan fingerprint density at radius 1 is 0.909 bits per heavy atom. The first-order valence-electron chi connectivity index (χ1n) is 11.6. The molecule has 33 heavy (non-hydrogen) atoms. The summed E-state index contributed by atoms with van der Waals surface area (Å²) in [4.78, 5) is 28.8. The van der Waals surface area contributed by atoms with Gasteiger partial charge in [-0.15, -0.1) is 0 Å². The molecule has 0 radical (unpaired) electrons. The summed E-state index contributed by atoms with van der Waals surface area (Å²) in [6.07, 6.45) is 4.60. The lowest BCUT2D eigenvalue weighted by Crippen LogP contribution is -2.39. The van der Waals surface area contributed by atoms with Crippen molar-refractivity contribution in [3.63, 3.8) is 0 Å². The van der Waals surface area contributed by atoms with Crippen LogP contribution in [-0.4, -0.2) is 23.3 Å². The second-order valence-corrected chi connectivity index (χ2v) is 8.97. The van der Waals surface area contributed by atoms with Crippen molar-refractivity contribution in [1.82, 2.24) is 15.6 Å². The number of aromatic nitrogens is 1. The van der Waals surface area contributed by atoms with Gasteiger partial charge in [0, 0.05) is 31.0 Å². The van der Waals surface area contributed by atoms with Crippen molar-refractivity contribution in [1.29, 1.82) is 0 Å². The molecule has 1 aromatic heterocycles. The summed E-state index contributed by atoms with van der Waals surface area (Å²) in [5, 5.41) is 5.99. The van der Waals surface area contributed by atoms with Crippen molar-refractivity contribution in [2.45, 2.75) is 51.5 Å². The average molecular weight is 442 g/mol. The number of nitrogens with zero attached hydrogens (tertiary/aromatic N) is 1. The van der Waals surface area contributed by atoms with Crippen LogP contribution in [0.5, 0.6) is 0 Å². The number of nitrogens with one attached hydrogen (secondary N) is 2. The van der Waals surface area contributed by atoms with Crippen LogP contribution in [-0.2, 0) is 16.8 Å². The van der Waals surface area contributed by atoms with Crippen molar-refractivity contribution in [2.24, 2.45) is 0 Å². The van der Waals surface area contributed by atoms with Crippen molar-refractivity contribution in [3.8, 4) is 11.3 Å². The highest BCUT2D eigenvalue weighted by Gasteiger charge is 2.35. The Bertz CT molecular complexity index is 1120. The van der Waals surface area contributed by atoms with E-state index >= 15 is 0 Å². The topological polar surface area (TPSA) is 71.1 Å². The molecule has 1 heterocycles. The quantitative estimate of drug-likeness (QED) is 0.546. The van der Waals surface area contributed by atoms with Crippen molar-refractivity contribution >= 4 is 11.8 Å². The molecule has 1 aliphatic carbocycles. The fourth-order valence-electron chi connectivity index (χ4n) is 4.74. The van der Waals surface area contributed by atoms with Gasteiger partial charge in [-0.3, -0.25) is 14.6 Å². The number of benzene rings is 2. The van der Waals surface area contributed by atoms with Gasteiger partial charge < -0.3 is 10.6 Å². The van der Waals surface area contributed by atoms with Gasteiger partial charge in [-0.25, -0.2) is 0 Å². The molecule has 3 aromatic rings. The van der Waals surface area contributed by atoms with Gasteiger partial charge in [0.15, 0.2) is 0 Å². The predicted octanol–water partition coefficient (Wildman–Crippen LogP) is 4.93. The van der Waals surface area contributed by atoms with E-state index in [9.17, 15) is 9.59 Å². The first-order chi connectivity index (χ1) is 16.0. The van der Waals surface area contributed by atoms with Crippen LogP contribution in [0.4, 0.5) is 0 Å². The number of rotatable bonds is 7. The summed E-state index contributed by atoms with van der Waals surface area (Å²) in [5.41, 5.74) is 5.50. The third kappa shape index (κ3) is 5.30. The average Bonchev–Trinajstić information content (AvgIpc) is 3.32. The molecule has 2 aromatic carbocycles. The SMILES string of the molecule is CC(=O)NCc1ccc(-c2ccc(C(=O)NCC3(c4ccccc4)CCCC3)c(C)n2)cc1. The van der Waals surface area contributed by atoms with E-state index in [0.717, 1.165) is 29.7 Å². The van der Waals surface area contributed by atoms with E-state index in [1.54, 1.807) is 0 Å². The maximum absolute atomic E-state index is 13.0. The summed E-state index contributed by atoms with van der Waals surface area (Å²) in [7, 11) is 0. The molecule has 5 nitrogen and oxygen atoms in total. The van der Waals surface area contributed by atoms with Gasteiger partial charge in [-0.05, 0) is 43.0 Å². The molecular formula is C28H31N3O2. The number of hydrogen-bond acceptors (Lipinski definition) is 3. The Balaban J connectivity index is 1.44. The maximum atomic E-state index is 13.0. The van der Waals surface area contributed by atoms with Crippen LogP contribution in [0.25, 0.3) is 11.3 Å². The van der Waals surface area contributed by atoms with Crippen LogP contribution < -0.4 is 10.6 Å². The van der Waals surface area contributed by atoms with Crippen LogP contribution >= 0.6 is 0 Å². The van der Waals surface area contributed by atoms with E-state index in [2.05, 4.69) is 34.9 Å². The van der Waals surface area contributed by atoms with Crippen molar-refractivity contribution in [2.75, 3.05) is 6.54 Å². The number of pyridine rings is 1. The molecule has 0 bridgehead atoms. The number of carbonyl (C=O) groups excluding carboxylic acids is 2. The van der Waals surface area contributed by atoms with Gasteiger partial charge in [-0.2, -0.15) is 0 Å². The summed E-state index contributed by atoms with van der Waals surface area (Å²) in [6, 6.07) is 22.3. The molecule has 0 saturated heterocycles. The van der Waals surface area contributed by atoms with E-state index in [1.165, 1.54) is 25.3 Å². The molecule has 1 aliphatic rings. The first kappa shape index (κ1) is 22.7. The Labute approximate surface area is 195 Å². The van der Waals surface area contributed by atoms with E-state index in [4.69, 9.17) is 4.98 Å². The highest BCUT2D eigenvalue weighted by Crippen LogP contribution is 2.40. The Kier molecular flexibility index (Phi) is 6.87. The second kappa shape index (κ2) is 9.99. The molecule has 4 rings (SSSR count). The van der Waals surface area contributed by atoms with E-state index in [-0.39, 0.29) is 17.2 Å². The molecule has 1 saturated carbocycles. The summed E-state index contributed by atoms with van der Waals surface area (Å²) in [5.74, 6) is -0.118. The summed E-state index contributed by atoms with van der Waals surface area (Å²) in [6.45, 7) is 4.54. The highest BCUT2D eigenvalue weighted by atomic mass is 16.2. The fraction of sp³-hybridized carbons (Fsp3) is 0.321. The smallest absolute Gasteiger partial charge is 0.253 e. The molecular weight excluding hydrogens is 410 g/mol. The van der Waals surface area contributed by atoms with Gasteiger partial charge in [0.05, 0.1) is 17.0 Å². The van der Waals surface area contributed by atoms with Gasteiger partial charge in [0.1, 0.15) is 0 Å². The van der Waals surface area contributed by atoms with Crippen LogP contribution in [0.1, 0.15) is 59.8 Å². The van der Waals surface area contributed by atoms with Crippen LogP contribution in [0.2, 0.25) is 0 Å². The van der Waals surface area contributed by atoms with E-state index < -0.39 is 0 Å². The largest absolute Gasteiger partial charge is 0.352 e. The molecule has 170 valence electrons. The Morgan fingerprint density at radius 2 is 1.61 bits per heavy atom. The molecule has 2 amide bonds. The normalized spacial score (nSPS) is 14.6. The van der Waals surface area contributed by atoms with E-state index in [0.29, 0.717) is 24.3 Å². The van der Waals surface area contributed by atoms with Crippen LogP contribution in [0.3, 0.4) is 0 Å². The van der Waals surface area contributed by atoms with Gasteiger partial charge in [0.2, 0.25) is 5.91 Å². The molecule has 1 fully saturated rings. The minimum atomic E-state index is -0.0700. The maximum Gasteiger partial charge on any atom is 0.253 e. The van der Waals surface area contributed by atoms with Crippen LogP contribution in [0.15, 0.2) is 66.7 Å². The monoisotopic (exact) mass is 441 g/mol. The standard InChI is InChI=1S/C28H31N3O2/c1-20-25(14-15-26(31-20)23-12-10-22(11-13-23)18-29-21(2)32)27(33)30-19-28(16-6-7-17-28)24-8-4-3-5-9-24/h3-5,8-15H,6-7,16-19H2,1-2H3,(H,29,32)(H,30,33).